The summed E-state index contributed by atoms with van der Waals surface area (Å²) in [5.74, 6) is 0.416. The molecule has 0 aliphatic rings. The minimum Gasteiger partial charge on any atom is -0.424 e. The van der Waals surface area contributed by atoms with Gasteiger partial charge in [0.2, 0.25) is 0 Å². The SMILES string of the molecule is CCC(=O)Oc1ccn2ccccc12. The van der Waals surface area contributed by atoms with Gasteiger partial charge >= 0.3 is 5.97 Å². The van der Waals surface area contributed by atoms with Crippen molar-refractivity contribution in [3.05, 3.63) is 36.7 Å². The predicted molar refractivity (Wildman–Crippen MR) is 53.3 cm³/mol. The van der Waals surface area contributed by atoms with Crippen molar-refractivity contribution in [3.63, 3.8) is 0 Å². The van der Waals surface area contributed by atoms with Gasteiger partial charge in [0.05, 0.1) is 5.52 Å². The van der Waals surface area contributed by atoms with E-state index in [4.69, 9.17) is 4.74 Å². The summed E-state index contributed by atoms with van der Waals surface area (Å²) in [6, 6.07) is 7.55. The Labute approximate surface area is 81.9 Å². The zero-order valence-electron chi connectivity index (χ0n) is 7.93. The molecule has 2 aromatic heterocycles. The molecule has 3 nitrogen and oxygen atoms in total. The van der Waals surface area contributed by atoms with Crippen LogP contribution in [0.2, 0.25) is 0 Å². The molecule has 0 saturated carbocycles. The van der Waals surface area contributed by atoms with Crippen molar-refractivity contribution in [2.75, 3.05) is 0 Å². The second kappa shape index (κ2) is 3.54. The molecular formula is C11H11NO2. The van der Waals surface area contributed by atoms with E-state index in [2.05, 4.69) is 0 Å². The quantitative estimate of drug-likeness (QED) is 0.678. The number of hydrogen-bond acceptors (Lipinski definition) is 2. The van der Waals surface area contributed by atoms with Crippen molar-refractivity contribution in [1.29, 1.82) is 0 Å². The summed E-state index contributed by atoms with van der Waals surface area (Å²) >= 11 is 0. The number of hydrogen-bond donors (Lipinski definition) is 0. The molecule has 0 bridgehead atoms. The molecule has 0 amide bonds. The third-order valence-electron chi connectivity index (χ3n) is 2.04. The van der Waals surface area contributed by atoms with Gasteiger partial charge in [0.15, 0.2) is 5.75 Å². The Kier molecular flexibility index (Phi) is 2.23. The number of ether oxygens (including phenoxy) is 1. The summed E-state index contributed by atoms with van der Waals surface area (Å²) in [5.41, 5.74) is 0.911. The van der Waals surface area contributed by atoms with Crippen LogP contribution in [0.15, 0.2) is 36.7 Å². The van der Waals surface area contributed by atoms with E-state index in [0.717, 1.165) is 5.52 Å². The number of fused-ring (bicyclic) bond motifs is 1. The zero-order chi connectivity index (χ0) is 9.97. The van der Waals surface area contributed by atoms with E-state index in [9.17, 15) is 4.79 Å². The van der Waals surface area contributed by atoms with Crippen LogP contribution in [0, 0.1) is 0 Å². The first kappa shape index (κ1) is 8.81. The largest absolute Gasteiger partial charge is 0.424 e. The lowest BCUT2D eigenvalue weighted by molar-refractivity contribution is -0.133. The predicted octanol–water partition coefficient (Wildman–Crippen LogP) is 2.25. The van der Waals surface area contributed by atoms with Gasteiger partial charge in [-0.05, 0) is 18.2 Å². The first-order valence-electron chi connectivity index (χ1n) is 4.57. The highest BCUT2D eigenvalue weighted by molar-refractivity contribution is 5.75. The molecule has 72 valence electrons. The van der Waals surface area contributed by atoms with Gasteiger partial charge in [0.1, 0.15) is 0 Å². The number of carbonyl (C=O) groups excluding carboxylic acids is 1. The van der Waals surface area contributed by atoms with Gasteiger partial charge in [0, 0.05) is 18.8 Å². The molecule has 0 aliphatic carbocycles. The van der Waals surface area contributed by atoms with Crippen molar-refractivity contribution in [2.45, 2.75) is 13.3 Å². The monoisotopic (exact) mass is 189 g/mol. The van der Waals surface area contributed by atoms with Crippen LogP contribution in [0.25, 0.3) is 5.52 Å². The fourth-order valence-electron chi connectivity index (χ4n) is 1.31. The maximum Gasteiger partial charge on any atom is 0.310 e. The van der Waals surface area contributed by atoms with Gasteiger partial charge in [-0.2, -0.15) is 0 Å². The minimum atomic E-state index is -0.207. The van der Waals surface area contributed by atoms with Crippen LogP contribution in [0.4, 0.5) is 0 Å². The Morgan fingerprint density at radius 3 is 3.00 bits per heavy atom. The molecule has 2 heterocycles. The molecule has 0 atom stereocenters. The first-order chi connectivity index (χ1) is 6.81. The molecule has 0 N–H and O–H groups in total. The van der Waals surface area contributed by atoms with Crippen LogP contribution in [0.1, 0.15) is 13.3 Å². The summed E-state index contributed by atoms with van der Waals surface area (Å²) in [7, 11) is 0. The van der Waals surface area contributed by atoms with Gasteiger partial charge in [-0.3, -0.25) is 4.79 Å². The second-order valence-corrected chi connectivity index (χ2v) is 3.00. The van der Waals surface area contributed by atoms with Gasteiger partial charge < -0.3 is 9.14 Å². The average molecular weight is 189 g/mol. The number of nitrogens with zero attached hydrogens (tertiary/aromatic N) is 1. The molecular weight excluding hydrogens is 178 g/mol. The van der Waals surface area contributed by atoms with Crippen LogP contribution in [0.3, 0.4) is 0 Å². The van der Waals surface area contributed by atoms with Crippen LogP contribution < -0.4 is 4.74 Å². The average Bonchev–Trinajstić information content (AvgIpc) is 2.62. The van der Waals surface area contributed by atoms with E-state index in [1.807, 2.05) is 35.0 Å². The fourth-order valence-corrected chi connectivity index (χ4v) is 1.31. The Hall–Kier alpha value is -1.77. The Bertz CT molecular complexity index is 459. The molecule has 14 heavy (non-hydrogen) atoms. The number of aromatic nitrogens is 1. The van der Waals surface area contributed by atoms with Crippen LogP contribution in [-0.2, 0) is 4.79 Å². The summed E-state index contributed by atoms with van der Waals surface area (Å²) in [4.78, 5) is 11.1. The number of esters is 1. The molecule has 0 radical (unpaired) electrons. The van der Waals surface area contributed by atoms with Gasteiger partial charge in [-0.15, -0.1) is 0 Å². The van der Waals surface area contributed by atoms with Crippen molar-refractivity contribution < 1.29 is 9.53 Å². The van der Waals surface area contributed by atoms with E-state index in [1.165, 1.54) is 0 Å². The van der Waals surface area contributed by atoms with Crippen molar-refractivity contribution in [2.24, 2.45) is 0 Å². The van der Waals surface area contributed by atoms with E-state index in [-0.39, 0.29) is 5.97 Å². The van der Waals surface area contributed by atoms with E-state index in [0.29, 0.717) is 12.2 Å². The lowest BCUT2D eigenvalue weighted by atomic mass is 10.4. The molecule has 2 aromatic rings. The second-order valence-electron chi connectivity index (χ2n) is 3.00. The highest BCUT2D eigenvalue weighted by Crippen LogP contribution is 2.20. The molecule has 0 aliphatic heterocycles. The van der Waals surface area contributed by atoms with Gasteiger partial charge in [-0.1, -0.05) is 13.0 Å². The maximum absolute atomic E-state index is 11.1. The summed E-state index contributed by atoms with van der Waals surface area (Å²) in [6.07, 6.45) is 4.18. The zero-order valence-corrected chi connectivity index (χ0v) is 7.93. The normalized spacial score (nSPS) is 10.4. The topological polar surface area (TPSA) is 30.7 Å². The van der Waals surface area contributed by atoms with Gasteiger partial charge in [-0.25, -0.2) is 0 Å². The number of carbonyl (C=O) groups is 1. The lowest BCUT2D eigenvalue weighted by Crippen LogP contribution is -2.04. The molecule has 2 rings (SSSR count). The molecule has 0 spiro atoms. The maximum atomic E-state index is 11.1. The molecule has 0 aromatic carbocycles. The van der Waals surface area contributed by atoms with Crippen LogP contribution in [-0.4, -0.2) is 10.4 Å². The summed E-state index contributed by atoms with van der Waals surface area (Å²) in [5, 5.41) is 0. The third-order valence-corrected chi connectivity index (χ3v) is 2.04. The highest BCUT2D eigenvalue weighted by Gasteiger charge is 2.06. The number of pyridine rings is 1. The van der Waals surface area contributed by atoms with Gasteiger partial charge in [0.25, 0.3) is 0 Å². The van der Waals surface area contributed by atoms with Crippen molar-refractivity contribution in [1.82, 2.24) is 4.40 Å². The minimum absolute atomic E-state index is 0.207. The van der Waals surface area contributed by atoms with Crippen molar-refractivity contribution in [3.8, 4) is 5.75 Å². The highest BCUT2D eigenvalue weighted by atomic mass is 16.5. The molecule has 0 saturated heterocycles. The molecule has 3 heteroatoms. The number of rotatable bonds is 2. The lowest BCUT2D eigenvalue weighted by Gasteiger charge is -2.00. The smallest absolute Gasteiger partial charge is 0.310 e. The van der Waals surface area contributed by atoms with Crippen LogP contribution in [0.5, 0.6) is 5.75 Å². The first-order valence-corrected chi connectivity index (χ1v) is 4.57. The summed E-state index contributed by atoms with van der Waals surface area (Å²) < 4.78 is 7.07. The standard InChI is InChI=1S/C11H11NO2/c1-2-11(13)14-10-6-8-12-7-4-3-5-9(10)12/h3-8H,2H2,1H3. The third kappa shape index (κ3) is 1.48. The Balaban J connectivity index is 2.38. The van der Waals surface area contributed by atoms with E-state index in [1.54, 1.807) is 13.0 Å². The Morgan fingerprint density at radius 1 is 1.36 bits per heavy atom. The van der Waals surface area contributed by atoms with E-state index < -0.39 is 0 Å². The van der Waals surface area contributed by atoms with Crippen molar-refractivity contribution >= 4 is 11.5 Å². The fraction of sp³-hybridized carbons (Fsp3) is 0.182. The Morgan fingerprint density at radius 2 is 2.21 bits per heavy atom. The molecule has 0 unspecified atom stereocenters. The molecule has 0 fully saturated rings. The van der Waals surface area contributed by atoms with E-state index >= 15 is 0 Å². The summed E-state index contributed by atoms with van der Waals surface area (Å²) in [6.45, 7) is 1.78. The van der Waals surface area contributed by atoms with Crippen LogP contribution >= 0.6 is 0 Å².